The maximum atomic E-state index is 6.06. The molecule has 9 aromatic heterocycles. The fourth-order valence-corrected chi connectivity index (χ4v) is 22.7. The van der Waals surface area contributed by atoms with Gasteiger partial charge in [0.25, 0.3) is 0 Å². The molecule has 110 heavy (non-hydrogen) atoms. The Morgan fingerprint density at radius 2 is 0.709 bits per heavy atom. The van der Waals surface area contributed by atoms with E-state index in [9.17, 15) is 0 Å². The van der Waals surface area contributed by atoms with Gasteiger partial charge >= 0.3 is 0 Å². The second kappa shape index (κ2) is 43.2. The van der Waals surface area contributed by atoms with Crippen LogP contribution in [-0.2, 0) is 78.1 Å². The van der Waals surface area contributed by atoms with Gasteiger partial charge < -0.3 is 70.8 Å². The molecule has 7 aliphatic heterocycles. The number of aromatic nitrogens is 2. The van der Waals surface area contributed by atoms with Crippen LogP contribution < -0.4 is 32.7 Å². The lowest BCUT2D eigenvalue weighted by molar-refractivity contribution is 0.0283. The van der Waals surface area contributed by atoms with Gasteiger partial charge in [-0.15, -0.1) is 79.4 Å². The topological polar surface area (TPSA) is 194 Å². The van der Waals surface area contributed by atoms with Crippen LogP contribution in [0.3, 0.4) is 0 Å². The van der Waals surface area contributed by atoms with Crippen LogP contribution in [0, 0.1) is 0 Å². The number of hydrogen-bond acceptors (Lipinski definition) is 23. The van der Waals surface area contributed by atoms with Gasteiger partial charge in [0, 0.05) is 116 Å². The van der Waals surface area contributed by atoms with Gasteiger partial charge in [0.05, 0.1) is 51.3 Å². The summed E-state index contributed by atoms with van der Waals surface area (Å²) in [7, 11) is 10.1. The van der Waals surface area contributed by atoms with Crippen LogP contribution >= 0.6 is 91.0 Å². The van der Waals surface area contributed by atoms with Crippen molar-refractivity contribution in [2.75, 3.05) is 127 Å². The van der Waals surface area contributed by atoms with Gasteiger partial charge in [-0.1, -0.05) is 86.1 Å². The molecule has 0 spiro atoms. The third kappa shape index (κ3) is 21.9. The van der Waals surface area contributed by atoms with E-state index in [0.717, 1.165) is 129 Å². The summed E-state index contributed by atoms with van der Waals surface area (Å²) in [4.78, 5) is 19.9. The molecule has 0 aliphatic carbocycles. The Kier molecular flexibility index (Phi) is 32.9. The molecule has 11 aromatic rings. The second-order valence-electron chi connectivity index (χ2n) is 28.0. The number of rotatable bonds is 17. The molecule has 0 amide bonds. The van der Waals surface area contributed by atoms with Crippen molar-refractivity contribution >= 4 is 91.0 Å². The Hall–Kier alpha value is -5.63. The Bertz CT molecular complexity index is 4310. The van der Waals surface area contributed by atoms with Gasteiger partial charge in [-0.05, 0) is 232 Å². The number of nitrogens with one attached hydrogen (secondary N) is 4. The SMILES string of the molecule is CC(C)NC[C@H]1OCCc2ccsc21.CN(C)CC1OCCc2ccsc21.CNCC1OCCc2c(-c3ccccc3)csc21.CNCC1OCCc2c(-c3ccncc3)csc21.CNCC1OCCc2c(Cl)csc21.NCC1OCCc2c(-c3ccccc3)csc21.NCC1OCCc2c(-c3ccncc3)csc21. The number of halogens is 1. The molecule has 18 rings (SSSR count). The van der Waals surface area contributed by atoms with Crippen LogP contribution in [0.1, 0.15) is 130 Å². The number of pyridine rings is 2. The minimum atomic E-state index is 0.0827. The molecule has 0 saturated carbocycles. The average molecular weight is 1640 g/mol. The van der Waals surface area contributed by atoms with Gasteiger partial charge in [0.2, 0.25) is 0 Å². The van der Waals surface area contributed by atoms with E-state index in [4.69, 9.17) is 56.2 Å². The molecule has 2 aromatic carbocycles. The molecule has 0 fully saturated rings. The quantitative estimate of drug-likeness (QED) is 0.0504. The molecule has 0 radical (unpaired) electrons. The van der Waals surface area contributed by atoms with E-state index in [1.807, 2.05) is 103 Å². The summed E-state index contributed by atoms with van der Waals surface area (Å²) in [6.07, 6.45) is 15.9. The number of benzene rings is 2. The fourth-order valence-electron chi connectivity index (χ4n) is 14.5. The smallest absolute Gasteiger partial charge is 0.105 e. The molecule has 16 nitrogen and oxygen atoms in total. The second-order valence-corrected chi connectivity index (χ2v) is 34.8. The molecule has 7 atom stereocenters. The molecule has 0 bridgehead atoms. The maximum Gasteiger partial charge on any atom is 0.105 e. The third-order valence-electron chi connectivity index (χ3n) is 19.9. The third-order valence-corrected chi connectivity index (χ3v) is 28.1. The molecule has 586 valence electrons. The first-order valence-corrected chi connectivity index (χ1v) is 44.7. The van der Waals surface area contributed by atoms with E-state index < -0.39 is 0 Å². The van der Waals surface area contributed by atoms with Gasteiger partial charge in [-0.3, -0.25) is 9.97 Å². The molecule has 24 heteroatoms. The summed E-state index contributed by atoms with van der Waals surface area (Å²) in [5, 5.41) is 29.2. The number of thiophene rings is 7. The first kappa shape index (κ1) is 83.8. The van der Waals surface area contributed by atoms with E-state index >= 15 is 0 Å². The Labute approximate surface area is 683 Å². The highest BCUT2D eigenvalue weighted by atomic mass is 35.5. The Morgan fingerprint density at radius 1 is 0.391 bits per heavy atom. The van der Waals surface area contributed by atoms with Crippen molar-refractivity contribution in [1.82, 2.24) is 36.1 Å². The van der Waals surface area contributed by atoms with Crippen molar-refractivity contribution in [2.24, 2.45) is 11.5 Å². The lowest BCUT2D eigenvalue weighted by Gasteiger charge is -2.25. The van der Waals surface area contributed by atoms with Gasteiger partial charge in [-0.25, -0.2) is 0 Å². The minimum absolute atomic E-state index is 0.0827. The van der Waals surface area contributed by atoms with Crippen LogP contribution in [0.25, 0.3) is 44.5 Å². The van der Waals surface area contributed by atoms with Crippen molar-refractivity contribution in [1.29, 1.82) is 0 Å². The maximum absolute atomic E-state index is 6.06. The molecule has 7 aliphatic rings. The number of ether oxygens (including phenoxy) is 7. The van der Waals surface area contributed by atoms with Crippen LogP contribution in [0.4, 0.5) is 0 Å². The van der Waals surface area contributed by atoms with Gasteiger partial charge in [-0.2, -0.15) is 0 Å². The van der Waals surface area contributed by atoms with E-state index in [-0.39, 0.29) is 36.6 Å². The zero-order chi connectivity index (χ0) is 76.6. The lowest BCUT2D eigenvalue weighted by Crippen LogP contribution is -2.30. The highest BCUT2D eigenvalue weighted by Crippen LogP contribution is 2.44. The van der Waals surface area contributed by atoms with Crippen molar-refractivity contribution in [3.05, 3.63) is 238 Å². The number of hydrogen-bond donors (Lipinski definition) is 6. The van der Waals surface area contributed by atoms with Crippen molar-refractivity contribution in [3.63, 3.8) is 0 Å². The standard InChI is InChI=1S/C15H17NOS.C14H16N2OS.C14H15NOS.C13H14N2OS.C11H17NOS.C10H15NOS.C9H12ClNOS/c1-16-9-14-15-12(7-8-17-14)13(10-18-15)11-5-3-2-4-6-11;1-15-8-13-14-11(4-7-17-13)12(9-18-14)10-2-5-16-6-3-10;15-8-13-14-11(6-7-16-13)12(9-17-14)10-4-2-1-3-5-10;14-7-12-13-10(3-6-16-12)11(8-17-13)9-1-4-15-5-2-9;1-8(2)12-7-10-11-9(3-5-13-10)4-6-14-11;1-11(2)7-9-10-8(3-5-12-9)4-6-13-10;1-11-4-8-9-6(2-3-12-8)7(10)5-13-9/h2-6,10,14,16H,7-9H2,1H3;2-3,5-6,9,13,15H,4,7-8H2,1H3;1-5,9,13H,6-8,15H2;1-2,4-5,8,12H,3,6-7,14H2;4,6,8,10,12H,3,5,7H2,1-2H3;4,6,9H,3,5,7H2,1-2H3;5,8,11H,2-4H2,1H3/t;;;;10-;;/m....1../s1. The highest BCUT2D eigenvalue weighted by molar-refractivity contribution is 7.12. The largest absolute Gasteiger partial charge is 0.371 e. The first-order chi connectivity index (χ1) is 54.0. The number of nitrogens with two attached hydrogens (primary N) is 2. The van der Waals surface area contributed by atoms with E-state index in [2.05, 4.69) is 187 Å². The Morgan fingerprint density at radius 3 is 1.08 bits per heavy atom. The zero-order valence-electron chi connectivity index (χ0n) is 64.1. The predicted octanol–water partition coefficient (Wildman–Crippen LogP) is 17.8. The highest BCUT2D eigenvalue weighted by Gasteiger charge is 2.31. The number of likely N-dealkylation sites (N-methyl/N-ethyl adjacent to an activating group) is 4. The molecular weight excluding hydrogens is 1530 g/mol. The van der Waals surface area contributed by atoms with Gasteiger partial charge in [0.15, 0.2) is 0 Å². The van der Waals surface area contributed by atoms with E-state index in [1.165, 1.54) is 118 Å². The minimum Gasteiger partial charge on any atom is -0.371 e. The van der Waals surface area contributed by atoms with Crippen molar-refractivity contribution < 1.29 is 33.2 Å². The molecule has 6 unspecified atom stereocenters. The average Bonchev–Trinajstić information content (AvgIpc) is 1.73. The monoisotopic (exact) mass is 1640 g/mol. The summed E-state index contributed by atoms with van der Waals surface area (Å²) < 4.78 is 40.2. The summed E-state index contributed by atoms with van der Waals surface area (Å²) in [5.74, 6) is 0. The molecule has 8 N–H and O–H groups in total. The van der Waals surface area contributed by atoms with Crippen molar-refractivity contribution in [3.8, 4) is 44.5 Å². The first-order valence-electron chi connectivity index (χ1n) is 38.2. The predicted molar refractivity (Wildman–Crippen MR) is 461 cm³/mol. The summed E-state index contributed by atoms with van der Waals surface area (Å²) in [6.45, 7) is 15.8. The number of fused-ring (bicyclic) bond motifs is 7. The lowest BCUT2D eigenvalue weighted by atomic mass is 9.98. The summed E-state index contributed by atoms with van der Waals surface area (Å²) >= 11 is 18.6. The van der Waals surface area contributed by atoms with Crippen LogP contribution in [0.15, 0.2) is 160 Å². The Balaban J connectivity index is 0.000000120. The summed E-state index contributed by atoms with van der Waals surface area (Å²) in [5.41, 5.74) is 32.0. The van der Waals surface area contributed by atoms with Gasteiger partial charge in [0.1, 0.15) is 42.7 Å². The van der Waals surface area contributed by atoms with Crippen LogP contribution in [0.5, 0.6) is 0 Å². The molecular formula is C86H106ClN9O7S7. The van der Waals surface area contributed by atoms with E-state index in [0.29, 0.717) is 25.2 Å². The molecule has 0 saturated heterocycles. The normalized spacial score (nSPS) is 19.8. The fraction of sp³-hybridized carbons (Fsp3) is 0.419. The molecule has 16 heterocycles. The summed E-state index contributed by atoms with van der Waals surface area (Å²) in [6, 6.07) is 34.4. The van der Waals surface area contributed by atoms with Crippen LogP contribution in [0.2, 0.25) is 5.02 Å². The van der Waals surface area contributed by atoms with E-state index in [1.54, 1.807) is 34.0 Å². The number of nitrogens with zero attached hydrogens (tertiary/aromatic N) is 3. The van der Waals surface area contributed by atoms with Crippen LogP contribution in [-0.4, -0.2) is 148 Å². The zero-order valence-corrected chi connectivity index (χ0v) is 70.6. The van der Waals surface area contributed by atoms with Crippen molar-refractivity contribution in [2.45, 2.75) is 108 Å².